The Hall–Kier alpha value is -1.44. The Balaban J connectivity index is 1.69. The van der Waals surface area contributed by atoms with E-state index in [2.05, 4.69) is 0 Å². The number of rotatable bonds is 4. The van der Waals surface area contributed by atoms with Crippen LogP contribution in [0.15, 0.2) is 23.1 Å². The molecular weight excluding hydrogens is 364 g/mol. The van der Waals surface area contributed by atoms with Crippen LogP contribution in [-0.4, -0.2) is 61.9 Å². The van der Waals surface area contributed by atoms with E-state index in [1.165, 1.54) is 0 Å². The average Bonchev–Trinajstić information content (AvgIpc) is 2.65. The van der Waals surface area contributed by atoms with E-state index < -0.39 is 10.0 Å². The summed E-state index contributed by atoms with van der Waals surface area (Å²) < 4.78 is 33.0. The first kappa shape index (κ1) is 20.3. The number of ether oxygens (including phenoxy) is 1. The lowest BCUT2D eigenvalue weighted by Crippen LogP contribution is -2.53. The molecule has 0 radical (unpaired) electrons. The van der Waals surface area contributed by atoms with Crippen LogP contribution in [0.5, 0.6) is 0 Å². The molecule has 1 amide bonds. The van der Waals surface area contributed by atoms with Crippen molar-refractivity contribution in [3.05, 3.63) is 29.3 Å². The fourth-order valence-corrected chi connectivity index (χ4v) is 5.72. The van der Waals surface area contributed by atoms with Gasteiger partial charge in [-0.2, -0.15) is 4.31 Å². The van der Waals surface area contributed by atoms with E-state index in [-0.39, 0.29) is 18.0 Å². The van der Waals surface area contributed by atoms with Crippen LogP contribution in [-0.2, 0) is 19.6 Å². The highest BCUT2D eigenvalue weighted by atomic mass is 32.2. The molecule has 6 nitrogen and oxygen atoms in total. The number of nitrogens with zero attached hydrogens (tertiary/aromatic N) is 2. The fraction of sp³-hybridized carbons (Fsp3) is 0.650. The summed E-state index contributed by atoms with van der Waals surface area (Å²) in [5, 5.41) is 0. The van der Waals surface area contributed by atoms with Gasteiger partial charge in [0.2, 0.25) is 15.9 Å². The highest BCUT2D eigenvalue weighted by molar-refractivity contribution is 7.89. The molecular formula is C20H30N2O4S. The number of carbonyl (C=O) groups is 1. The zero-order valence-corrected chi connectivity index (χ0v) is 17.3. The van der Waals surface area contributed by atoms with Crippen LogP contribution in [0.1, 0.15) is 43.7 Å². The van der Waals surface area contributed by atoms with Gasteiger partial charge in [-0.3, -0.25) is 4.79 Å². The first-order valence-corrected chi connectivity index (χ1v) is 11.2. The summed E-state index contributed by atoms with van der Waals surface area (Å²) in [5.41, 5.74) is 2.06. The number of amides is 1. The summed E-state index contributed by atoms with van der Waals surface area (Å²) in [7, 11) is -3.49. The fourth-order valence-electron chi connectivity index (χ4n) is 4.16. The van der Waals surface area contributed by atoms with Crippen molar-refractivity contribution in [2.45, 2.75) is 63.4 Å². The van der Waals surface area contributed by atoms with Gasteiger partial charge in [-0.25, -0.2) is 8.42 Å². The van der Waals surface area contributed by atoms with Crippen molar-refractivity contribution in [2.24, 2.45) is 0 Å². The summed E-state index contributed by atoms with van der Waals surface area (Å²) in [6, 6.07) is 5.62. The van der Waals surface area contributed by atoms with Crippen molar-refractivity contribution in [1.82, 2.24) is 9.21 Å². The van der Waals surface area contributed by atoms with Crippen molar-refractivity contribution in [2.75, 3.05) is 26.3 Å². The van der Waals surface area contributed by atoms with Crippen LogP contribution in [0.3, 0.4) is 0 Å². The van der Waals surface area contributed by atoms with E-state index in [1.807, 2.05) is 24.8 Å². The Morgan fingerprint density at radius 1 is 1.04 bits per heavy atom. The molecule has 27 heavy (non-hydrogen) atoms. The molecule has 3 rings (SSSR count). The number of aryl methyl sites for hydroxylation is 2. The molecule has 0 aromatic heterocycles. The van der Waals surface area contributed by atoms with E-state index in [9.17, 15) is 13.2 Å². The monoisotopic (exact) mass is 394 g/mol. The van der Waals surface area contributed by atoms with Gasteiger partial charge in [0.1, 0.15) is 0 Å². The number of sulfonamides is 1. The van der Waals surface area contributed by atoms with Crippen LogP contribution < -0.4 is 0 Å². The number of benzene rings is 1. The minimum absolute atomic E-state index is 0.0809. The molecule has 2 saturated heterocycles. The molecule has 0 N–H and O–H groups in total. The lowest BCUT2D eigenvalue weighted by Gasteiger charge is -2.43. The highest BCUT2D eigenvalue weighted by Gasteiger charge is 2.35. The second kappa shape index (κ2) is 8.29. The maximum atomic E-state index is 13.0. The minimum Gasteiger partial charge on any atom is -0.381 e. The molecule has 2 heterocycles. The first-order valence-electron chi connectivity index (χ1n) is 9.74. The van der Waals surface area contributed by atoms with Crippen LogP contribution in [0.25, 0.3) is 0 Å². The van der Waals surface area contributed by atoms with Gasteiger partial charge in [0.05, 0.1) is 4.90 Å². The third-order valence-corrected chi connectivity index (χ3v) is 7.78. The molecule has 7 heteroatoms. The van der Waals surface area contributed by atoms with E-state index in [4.69, 9.17) is 4.74 Å². The molecule has 0 bridgehead atoms. The van der Waals surface area contributed by atoms with Crippen molar-refractivity contribution < 1.29 is 17.9 Å². The van der Waals surface area contributed by atoms with E-state index in [1.54, 1.807) is 23.4 Å². The summed E-state index contributed by atoms with van der Waals surface area (Å²) in [5.74, 6) is 0.0809. The van der Waals surface area contributed by atoms with Gasteiger partial charge in [0.15, 0.2) is 0 Å². The predicted octanol–water partition coefficient (Wildman–Crippen LogP) is 2.48. The normalized spacial score (nSPS) is 20.6. The predicted molar refractivity (Wildman–Crippen MR) is 104 cm³/mol. The summed E-state index contributed by atoms with van der Waals surface area (Å²) in [6.07, 6.45) is 3.09. The molecule has 0 unspecified atom stereocenters. The van der Waals surface area contributed by atoms with Crippen LogP contribution in [0, 0.1) is 13.8 Å². The third kappa shape index (κ3) is 4.36. The Morgan fingerprint density at radius 3 is 2.19 bits per heavy atom. The van der Waals surface area contributed by atoms with Gasteiger partial charge in [0, 0.05) is 45.3 Å². The number of hydrogen-bond donors (Lipinski definition) is 0. The summed E-state index contributed by atoms with van der Waals surface area (Å²) in [6.45, 7) is 7.81. The quantitative estimate of drug-likeness (QED) is 0.787. The zero-order valence-electron chi connectivity index (χ0n) is 16.5. The van der Waals surface area contributed by atoms with Crippen molar-refractivity contribution >= 4 is 15.9 Å². The SMILES string of the molecule is CC(=O)N(C1CCOCC1)C1CCN(S(=O)(=O)c2ccc(C)c(C)c2)CC1. The first-order chi connectivity index (χ1) is 12.8. The third-order valence-electron chi connectivity index (χ3n) is 5.88. The minimum atomic E-state index is -3.49. The number of piperidine rings is 1. The Bertz CT molecular complexity index is 779. The molecule has 0 atom stereocenters. The Morgan fingerprint density at radius 2 is 1.63 bits per heavy atom. The maximum Gasteiger partial charge on any atom is 0.243 e. The molecule has 0 saturated carbocycles. The molecule has 2 fully saturated rings. The van der Waals surface area contributed by atoms with E-state index in [0.717, 1.165) is 24.0 Å². The van der Waals surface area contributed by atoms with Crippen LogP contribution >= 0.6 is 0 Å². The zero-order chi connectivity index (χ0) is 19.6. The molecule has 2 aliphatic heterocycles. The molecule has 150 valence electrons. The second-order valence-electron chi connectivity index (χ2n) is 7.65. The van der Waals surface area contributed by atoms with Gasteiger partial charge >= 0.3 is 0 Å². The largest absolute Gasteiger partial charge is 0.381 e. The van der Waals surface area contributed by atoms with Gasteiger partial charge in [-0.05, 0) is 62.8 Å². The summed E-state index contributed by atoms with van der Waals surface area (Å²) in [4.78, 5) is 14.6. The van der Waals surface area contributed by atoms with Gasteiger partial charge in [-0.1, -0.05) is 6.07 Å². The van der Waals surface area contributed by atoms with E-state index in [0.29, 0.717) is 44.0 Å². The van der Waals surface area contributed by atoms with Gasteiger partial charge in [-0.15, -0.1) is 0 Å². The Kier molecular flexibility index (Phi) is 6.23. The standard InChI is InChI=1S/C20H30N2O4S/c1-15-4-5-20(14-16(15)2)27(24,25)21-10-6-18(7-11-21)22(17(3)23)19-8-12-26-13-9-19/h4-5,14,18-19H,6-13H2,1-3H3. The van der Waals surface area contributed by atoms with Gasteiger partial charge in [0.25, 0.3) is 0 Å². The van der Waals surface area contributed by atoms with Gasteiger partial charge < -0.3 is 9.64 Å². The van der Waals surface area contributed by atoms with E-state index >= 15 is 0 Å². The molecule has 0 spiro atoms. The van der Waals surface area contributed by atoms with Crippen LogP contribution in [0.4, 0.5) is 0 Å². The lowest BCUT2D eigenvalue weighted by atomic mass is 9.99. The van der Waals surface area contributed by atoms with Crippen LogP contribution in [0.2, 0.25) is 0 Å². The number of carbonyl (C=O) groups excluding carboxylic acids is 1. The second-order valence-corrected chi connectivity index (χ2v) is 9.59. The van der Waals surface area contributed by atoms with Crippen molar-refractivity contribution in [3.8, 4) is 0 Å². The van der Waals surface area contributed by atoms with Crippen molar-refractivity contribution in [1.29, 1.82) is 0 Å². The highest BCUT2D eigenvalue weighted by Crippen LogP contribution is 2.27. The Labute approximate surface area is 162 Å². The maximum absolute atomic E-state index is 13.0. The smallest absolute Gasteiger partial charge is 0.243 e. The molecule has 2 aliphatic rings. The lowest BCUT2D eigenvalue weighted by molar-refractivity contribution is -0.137. The molecule has 0 aliphatic carbocycles. The van der Waals surface area contributed by atoms with Crippen molar-refractivity contribution in [3.63, 3.8) is 0 Å². The number of hydrogen-bond acceptors (Lipinski definition) is 4. The molecule has 1 aromatic rings. The summed E-state index contributed by atoms with van der Waals surface area (Å²) >= 11 is 0. The molecule has 1 aromatic carbocycles. The average molecular weight is 395 g/mol. The topological polar surface area (TPSA) is 66.9 Å².